The molecule has 1 N–H and O–H groups in total. The second-order valence-electron chi connectivity index (χ2n) is 4.64. The van der Waals surface area contributed by atoms with Crippen LogP contribution in [-0.2, 0) is 13.0 Å². The summed E-state index contributed by atoms with van der Waals surface area (Å²) in [6.45, 7) is 6.30. The van der Waals surface area contributed by atoms with Crippen LogP contribution < -0.4 is 0 Å². The summed E-state index contributed by atoms with van der Waals surface area (Å²) < 4.78 is 1.98. The van der Waals surface area contributed by atoms with Crippen LogP contribution in [0.1, 0.15) is 43.8 Å². The predicted octanol–water partition coefficient (Wildman–Crippen LogP) is 2.45. The van der Waals surface area contributed by atoms with Crippen molar-refractivity contribution in [3.05, 3.63) is 41.6 Å². The molecule has 2 heterocycles. The molecule has 4 heteroatoms. The van der Waals surface area contributed by atoms with E-state index in [9.17, 15) is 5.11 Å². The third-order valence-electron chi connectivity index (χ3n) is 2.95. The lowest BCUT2D eigenvalue weighted by Crippen LogP contribution is -2.06. The van der Waals surface area contributed by atoms with Gasteiger partial charge in [-0.3, -0.25) is 4.57 Å². The third kappa shape index (κ3) is 2.43. The maximum absolute atomic E-state index is 9.34. The van der Waals surface area contributed by atoms with E-state index in [0.29, 0.717) is 5.92 Å². The number of aryl methyl sites for hydroxylation is 1. The summed E-state index contributed by atoms with van der Waals surface area (Å²) in [5, 5.41) is 9.34. The molecule has 0 bridgehead atoms. The van der Waals surface area contributed by atoms with E-state index in [-0.39, 0.29) is 6.61 Å². The number of rotatable bonds is 4. The molecule has 0 saturated heterocycles. The lowest BCUT2D eigenvalue weighted by atomic mass is 10.1. The molecule has 0 unspecified atom stereocenters. The van der Waals surface area contributed by atoms with Gasteiger partial charge in [0.05, 0.1) is 6.61 Å². The molecule has 18 heavy (non-hydrogen) atoms. The third-order valence-corrected chi connectivity index (χ3v) is 2.95. The lowest BCUT2D eigenvalue weighted by Gasteiger charge is -2.12. The summed E-state index contributed by atoms with van der Waals surface area (Å²) in [5.41, 5.74) is 1.88. The smallest absolute Gasteiger partial charge is 0.138 e. The first kappa shape index (κ1) is 12.8. The first-order valence-electron chi connectivity index (χ1n) is 6.30. The second kappa shape index (κ2) is 5.31. The molecule has 2 aromatic heterocycles. The Hall–Kier alpha value is -1.68. The topological polar surface area (TPSA) is 50.9 Å². The van der Waals surface area contributed by atoms with Crippen molar-refractivity contribution in [2.45, 2.75) is 39.7 Å². The first-order valence-corrected chi connectivity index (χ1v) is 6.30. The van der Waals surface area contributed by atoms with E-state index in [2.05, 4.69) is 30.7 Å². The van der Waals surface area contributed by atoms with Gasteiger partial charge in [-0.25, -0.2) is 9.97 Å². The van der Waals surface area contributed by atoms with Gasteiger partial charge < -0.3 is 5.11 Å². The van der Waals surface area contributed by atoms with E-state index in [0.717, 1.165) is 29.3 Å². The molecule has 0 aliphatic carbocycles. The molecule has 2 rings (SSSR count). The van der Waals surface area contributed by atoms with Gasteiger partial charge in [0, 0.05) is 24.5 Å². The van der Waals surface area contributed by atoms with Crippen LogP contribution in [0.15, 0.2) is 24.5 Å². The average molecular weight is 245 g/mol. The predicted molar refractivity (Wildman–Crippen MR) is 70.7 cm³/mol. The minimum absolute atomic E-state index is 0.0331. The van der Waals surface area contributed by atoms with Gasteiger partial charge in [-0.15, -0.1) is 0 Å². The van der Waals surface area contributed by atoms with E-state index < -0.39 is 0 Å². The summed E-state index contributed by atoms with van der Waals surface area (Å²) in [4.78, 5) is 8.95. The average Bonchev–Trinajstić information content (AvgIpc) is 2.86. The van der Waals surface area contributed by atoms with Gasteiger partial charge in [0.1, 0.15) is 11.6 Å². The Bertz CT molecular complexity index is 532. The minimum Gasteiger partial charge on any atom is -0.392 e. The number of aliphatic hydroxyl groups is 1. The molecule has 0 amide bonds. The standard InChI is InChI=1S/C14H19N3O/c1-4-13-15-5-6-17(13)14-8-11(9-18)7-12(16-14)10(2)3/h5-8,10,18H,4,9H2,1-3H3. The quantitative estimate of drug-likeness (QED) is 0.900. The highest BCUT2D eigenvalue weighted by atomic mass is 16.3. The first-order chi connectivity index (χ1) is 8.65. The number of aliphatic hydroxyl groups excluding tert-OH is 1. The second-order valence-corrected chi connectivity index (χ2v) is 4.64. The molecule has 4 nitrogen and oxygen atoms in total. The molecule has 0 fully saturated rings. The van der Waals surface area contributed by atoms with Crippen molar-refractivity contribution >= 4 is 0 Å². The van der Waals surface area contributed by atoms with Gasteiger partial charge in [0.25, 0.3) is 0 Å². The lowest BCUT2D eigenvalue weighted by molar-refractivity contribution is 0.281. The molecule has 0 aliphatic heterocycles. The molecular formula is C14H19N3O. The van der Waals surface area contributed by atoms with Crippen molar-refractivity contribution in [3.8, 4) is 5.82 Å². The Morgan fingerprint density at radius 1 is 1.33 bits per heavy atom. The zero-order valence-electron chi connectivity index (χ0n) is 11.1. The number of hydrogen-bond acceptors (Lipinski definition) is 3. The molecule has 0 spiro atoms. The maximum atomic E-state index is 9.34. The van der Waals surface area contributed by atoms with E-state index in [1.165, 1.54) is 0 Å². The number of nitrogens with zero attached hydrogens (tertiary/aromatic N) is 3. The normalized spacial score (nSPS) is 11.2. The molecule has 0 aromatic carbocycles. The largest absolute Gasteiger partial charge is 0.392 e. The highest BCUT2D eigenvalue weighted by Gasteiger charge is 2.09. The van der Waals surface area contributed by atoms with Crippen LogP contribution in [0, 0.1) is 0 Å². The van der Waals surface area contributed by atoms with Crippen LogP contribution >= 0.6 is 0 Å². The van der Waals surface area contributed by atoms with Gasteiger partial charge in [-0.05, 0) is 23.6 Å². The van der Waals surface area contributed by atoms with Crippen LogP contribution in [0.25, 0.3) is 5.82 Å². The summed E-state index contributed by atoms with van der Waals surface area (Å²) in [7, 11) is 0. The fourth-order valence-corrected chi connectivity index (χ4v) is 1.91. The van der Waals surface area contributed by atoms with Crippen molar-refractivity contribution in [1.29, 1.82) is 0 Å². The zero-order chi connectivity index (χ0) is 13.1. The summed E-state index contributed by atoms with van der Waals surface area (Å²) in [6, 6.07) is 3.86. The number of aromatic nitrogens is 3. The number of hydrogen-bond donors (Lipinski definition) is 1. The minimum atomic E-state index is 0.0331. The van der Waals surface area contributed by atoms with Crippen LogP contribution in [-0.4, -0.2) is 19.6 Å². The fraction of sp³-hybridized carbons (Fsp3) is 0.429. The van der Waals surface area contributed by atoms with Gasteiger partial charge in [0.15, 0.2) is 0 Å². The van der Waals surface area contributed by atoms with E-state index >= 15 is 0 Å². The molecular weight excluding hydrogens is 226 g/mol. The van der Waals surface area contributed by atoms with Crippen LogP contribution in [0.3, 0.4) is 0 Å². The molecule has 2 aromatic rings. The fourth-order valence-electron chi connectivity index (χ4n) is 1.91. The molecule has 0 atom stereocenters. The SMILES string of the molecule is CCc1nccn1-c1cc(CO)cc(C(C)C)n1. The molecule has 96 valence electrons. The highest BCUT2D eigenvalue weighted by molar-refractivity contribution is 5.33. The molecule has 0 aliphatic rings. The van der Waals surface area contributed by atoms with Crippen LogP contribution in [0.4, 0.5) is 0 Å². The molecule has 0 saturated carbocycles. The van der Waals surface area contributed by atoms with Gasteiger partial charge in [-0.1, -0.05) is 20.8 Å². The van der Waals surface area contributed by atoms with Gasteiger partial charge in [-0.2, -0.15) is 0 Å². The monoisotopic (exact) mass is 245 g/mol. The van der Waals surface area contributed by atoms with E-state index in [1.54, 1.807) is 6.20 Å². The number of imidazole rings is 1. The molecule has 0 radical (unpaired) electrons. The Labute approximate surface area is 107 Å². The zero-order valence-corrected chi connectivity index (χ0v) is 11.1. The van der Waals surface area contributed by atoms with Crippen LogP contribution in [0.5, 0.6) is 0 Å². The van der Waals surface area contributed by atoms with Crippen molar-refractivity contribution in [1.82, 2.24) is 14.5 Å². The van der Waals surface area contributed by atoms with Crippen LogP contribution in [0.2, 0.25) is 0 Å². The van der Waals surface area contributed by atoms with Crippen molar-refractivity contribution in [2.24, 2.45) is 0 Å². The van der Waals surface area contributed by atoms with Crippen molar-refractivity contribution < 1.29 is 5.11 Å². The Kier molecular flexibility index (Phi) is 3.77. The van der Waals surface area contributed by atoms with Crippen molar-refractivity contribution in [3.63, 3.8) is 0 Å². The van der Waals surface area contributed by atoms with E-state index in [1.807, 2.05) is 22.9 Å². The summed E-state index contributed by atoms with van der Waals surface area (Å²) in [6.07, 6.45) is 4.54. The van der Waals surface area contributed by atoms with Gasteiger partial charge >= 0.3 is 0 Å². The maximum Gasteiger partial charge on any atom is 0.138 e. The van der Waals surface area contributed by atoms with Crippen molar-refractivity contribution in [2.75, 3.05) is 0 Å². The summed E-state index contributed by atoms with van der Waals surface area (Å²) >= 11 is 0. The number of pyridine rings is 1. The van der Waals surface area contributed by atoms with Gasteiger partial charge in [0.2, 0.25) is 0 Å². The Balaban J connectivity index is 2.53. The summed E-state index contributed by atoms with van der Waals surface area (Å²) in [5.74, 6) is 2.15. The Morgan fingerprint density at radius 3 is 2.72 bits per heavy atom. The van der Waals surface area contributed by atoms with E-state index in [4.69, 9.17) is 0 Å². The Morgan fingerprint density at radius 2 is 2.11 bits per heavy atom. The highest BCUT2D eigenvalue weighted by Crippen LogP contribution is 2.18.